The first-order valence-electron chi connectivity index (χ1n) is 9.05. The zero-order chi connectivity index (χ0) is 16.7. The number of nitriles is 1. The third kappa shape index (κ3) is 4.77. The first-order chi connectivity index (χ1) is 11.2. The number of halogens is 2. The standard InChI is InChI=1S/C20H27F2N/c1-2-3-4-5-6-7-15-8-10-16(11-9-15)18-13-12-17(14-23)19(21)20(18)22/h12-13,15-16H,2-11H2,1H3. The molecule has 0 atom stereocenters. The molecule has 0 saturated heterocycles. The monoisotopic (exact) mass is 319 g/mol. The van der Waals surface area contributed by atoms with Crippen molar-refractivity contribution < 1.29 is 8.78 Å². The average molecular weight is 319 g/mol. The van der Waals surface area contributed by atoms with Crippen LogP contribution in [0.15, 0.2) is 12.1 Å². The van der Waals surface area contributed by atoms with Gasteiger partial charge in [-0.25, -0.2) is 8.78 Å². The van der Waals surface area contributed by atoms with Crippen LogP contribution >= 0.6 is 0 Å². The van der Waals surface area contributed by atoms with Crippen LogP contribution in [0, 0.1) is 28.9 Å². The Morgan fingerprint density at radius 1 is 1.00 bits per heavy atom. The number of hydrogen-bond donors (Lipinski definition) is 0. The maximum atomic E-state index is 14.1. The van der Waals surface area contributed by atoms with Crippen molar-refractivity contribution in [2.24, 2.45) is 5.92 Å². The third-order valence-electron chi connectivity index (χ3n) is 5.24. The largest absolute Gasteiger partial charge is 0.203 e. The highest BCUT2D eigenvalue weighted by Crippen LogP contribution is 2.39. The van der Waals surface area contributed by atoms with Crippen LogP contribution in [0.3, 0.4) is 0 Å². The summed E-state index contributed by atoms with van der Waals surface area (Å²) in [6, 6.07) is 4.71. The van der Waals surface area contributed by atoms with E-state index in [1.165, 1.54) is 44.6 Å². The van der Waals surface area contributed by atoms with Gasteiger partial charge in [-0.1, -0.05) is 51.5 Å². The number of hydrogen-bond acceptors (Lipinski definition) is 1. The molecule has 1 aliphatic rings. The lowest BCUT2D eigenvalue weighted by Gasteiger charge is -2.29. The van der Waals surface area contributed by atoms with Crippen LogP contribution in [-0.2, 0) is 0 Å². The molecule has 0 heterocycles. The van der Waals surface area contributed by atoms with Crippen LogP contribution in [0.1, 0.15) is 88.2 Å². The lowest BCUT2D eigenvalue weighted by molar-refractivity contribution is 0.297. The van der Waals surface area contributed by atoms with Crippen LogP contribution in [0.5, 0.6) is 0 Å². The van der Waals surface area contributed by atoms with Gasteiger partial charge in [0.15, 0.2) is 11.6 Å². The molecule has 3 heteroatoms. The van der Waals surface area contributed by atoms with Gasteiger partial charge in [-0.2, -0.15) is 5.26 Å². The number of unbranched alkanes of at least 4 members (excludes halogenated alkanes) is 4. The molecule has 0 aliphatic heterocycles. The maximum absolute atomic E-state index is 14.1. The number of nitrogens with zero attached hydrogens (tertiary/aromatic N) is 1. The van der Waals surface area contributed by atoms with Crippen molar-refractivity contribution in [2.75, 3.05) is 0 Å². The Balaban J connectivity index is 1.83. The molecule has 1 aliphatic carbocycles. The molecule has 1 aromatic carbocycles. The topological polar surface area (TPSA) is 23.8 Å². The summed E-state index contributed by atoms with van der Waals surface area (Å²) in [6.45, 7) is 2.23. The van der Waals surface area contributed by atoms with E-state index in [1.807, 2.05) is 0 Å². The smallest absolute Gasteiger partial charge is 0.176 e. The number of benzene rings is 1. The highest BCUT2D eigenvalue weighted by molar-refractivity contribution is 5.36. The summed E-state index contributed by atoms with van der Waals surface area (Å²) in [4.78, 5) is 0. The molecule has 0 aromatic heterocycles. The van der Waals surface area contributed by atoms with E-state index in [4.69, 9.17) is 5.26 Å². The minimum Gasteiger partial charge on any atom is -0.203 e. The molecular formula is C20H27F2N. The summed E-state index contributed by atoms with van der Waals surface area (Å²) in [5.41, 5.74) is 0.259. The van der Waals surface area contributed by atoms with Gasteiger partial charge in [0, 0.05) is 0 Å². The minimum atomic E-state index is -0.983. The van der Waals surface area contributed by atoms with E-state index < -0.39 is 11.6 Å². The predicted molar refractivity (Wildman–Crippen MR) is 89.1 cm³/mol. The van der Waals surface area contributed by atoms with Crippen molar-refractivity contribution in [3.05, 3.63) is 34.9 Å². The molecule has 1 nitrogen and oxygen atoms in total. The molecule has 0 N–H and O–H groups in total. The Bertz CT molecular complexity index is 539. The van der Waals surface area contributed by atoms with Crippen molar-refractivity contribution >= 4 is 0 Å². The molecular weight excluding hydrogens is 292 g/mol. The highest BCUT2D eigenvalue weighted by Gasteiger charge is 2.26. The molecule has 0 spiro atoms. The van der Waals surface area contributed by atoms with Crippen molar-refractivity contribution in [1.82, 2.24) is 0 Å². The van der Waals surface area contributed by atoms with E-state index in [0.717, 1.165) is 31.6 Å². The van der Waals surface area contributed by atoms with Gasteiger partial charge in [-0.05, 0) is 49.1 Å². The van der Waals surface area contributed by atoms with Crippen LogP contribution in [0.25, 0.3) is 0 Å². The van der Waals surface area contributed by atoms with Crippen molar-refractivity contribution in [2.45, 2.75) is 77.0 Å². The van der Waals surface area contributed by atoms with E-state index in [1.54, 1.807) is 12.1 Å². The molecule has 1 fully saturated rings. The Morgan fingerprint density at radius 3 is 2.35 bits per heavy atom. The zero-order valence-corrected chi connectivity index (χ0v) is 14.1. The molecule has 2 rings (SSSR count). The molecule has 0 unspecified atom stereocenters. The molecule has 126 valence electrons. The average Bonchev–Trinajstić information content (AvgIpc) is 2.58. The summed E-state index contributed by atoms with van der Waals surface area (Å²) >= 11 is 0. The second-order valence-electron chi connectivity index (χ2n) is 6.86. The lowest BCUT2D eigenvalue weighted by atomic mass is 9.76. The van der Waals surface area contributed by atoms with Crippen LogP contribution in [0.2, 0.25) is 0 Å². The van der Waals surface area contributed by atoms with Gasteiger partial charge in [-0.15, -0.1) is 0 Å². The molecule has 1 saturated carbocycles. The van der Waals surface area contributed by atoms with Gasteiger partial charge in [0.25, 0.3) is 0 Å². The molecule has 0 bridgehead atoms. The van der Waals surface area contributed by atoms with Crippen molar-refractivity contribution in [3.8, 4) is 6.07 Å². The Labute approximate surface area is 138 Å². The van der Waals surface area contributed by atoms with Crippen molar-refractivity contribution in [1.29, 1.82) is 5.26 Å². The summed E-state index contributed by atoms with van der Waals surface area (Å²) in [7, 11) is 0. The van der Waals surface area contributed by atoms with E-state index in [-0.39, 0.29) is 11.5 Å². The highest BCUT2D eigenvalue weighted by atomic mass is 19.2. The first kappa shape index (κ1) is 17.9. The Kier molecular flexibility index (Phi) is 7.02. The van der Waals surface area contributed by atoms with Gasteiger partial charge < -0.3 is 0 Å². The van der Waals surface area contributed by atoms with Gasteiger partial charge in [0.1, 0.15) is 6.07 Å². The normalized spacial score (nSPS) is 21.1. The third-order valence-corrected chi connectivity index (χ3v) is 5.24. The fraction of sp³-hybridized carbons (Fsp3) is 0.650. The number of rotatable bonds is 7. The van der Waals surface area contributed by atoms with Crippen LogP contribution in [-0.4, -0.2) is 0 Å². The second kappa shape index (κ2) is 9.01. The van der Waals surface area contributed by atoms with E-state index >= 15 is 0 Å². The second-order valence-corrected chi connectivity index (χ2v) is 6.86. The molecule has 1 aromatic rings. The zero-order valence-electron chi connectivity index (χ0n) is 14.1. The quantitative estimate of drug-likeness (QED) is 0.528. The molecule has 0 radical (unpaired) electrons. The minimum absolute atomic E-state index is 0.105. The van der Waals surface area contributed by atoms with Gasteiger partial charge in [-0.3, -0.25) is 0 Å². The van der Waals surface area contributed by atoms with Crippen LogP contribution in [0.4, 0.5) is 8.78 Å². The predicted octanol–water partition coefficient (Wildman–Crippen LogP) is 6.47. The Hall–Kier alpha value is -1.43. The molecule has 0 amide bonds. The maximum Gasteiger partial charge on any atom is 0.176 e. The summed E-state index contributed by atoms with van der Waals surface area (Å²) in [5, 5.41) is 8.76. The van der Waals surface area contributed by atoms with Gasteiger partial charge in [0.2, 0.25) is 0 Å². The fourth-order valence-corrected chi connectivity index (χ4v) is 3.76. The van der Waals surface area contributed by atoms with E-state index in [2.05, 4.69) is 6.92 Å². The first-order valence-corrected chi connectivity index (χ1v) is 9.05. The SMILES string of the molecule is CCCCCCCC1CCC(c2ccc(C#N)c(F)c2F)CC1. The lowest BCUT2D eigenvalue weighted by Crippen LogP contribution is -2.15. The Morgan fingerprint density at radius 2 is 1.70 bits per heavy atom. The van der Waals surface area contributed by atoms with Crippen molar-refractivity contribution in [3.63, 3.8) is 0 Å². The summed E-state index contributed by atoms with van der Waals surface area (Å²) in [5.74, 6) is -0.942. The van der Waals surface area contributed by atoms with Crippen LogP contribution < -0.4 is 0 Å². The summed E-state index contributed by atoms with van der Waals surface area (Å²) < 4.78 is 27.9. The van der Waals surface area contributed by atoms with Gasteiger partial charge in [0.05, 0.1) is 5.56 Å². The van der Waals surface area contributed by atoms with E-state index in [9.17, 15) is 8.78 Å². The summed E-state index contributed by atoms with van der Waals surface area (Å²) in [6.07, 6.45) is 11.9. The van der Waals surface area contributed by atoms with E-state index in [0.29, 0.717) is 5.56 Å². The molecule has 23 heavy (non-hydrogen) atoms. The van der Waals surface area contributed by atoms with Gasteiger partial charge >= 0.3 is 0 Å². The fourth-order valence-electron chi connectivity index (χ4n) is 3.76.